The van der Waals surface area contributed by atoms with Gasteiger partial charge in [0, 0.05) is 11.8 Å². The highest BCUT2D eigenvalue weighted by molar-refractivity contribution is 8.00. The Balaban J connectivity index is 1.78. The van der Waals surface area contributed by atoms with Crippen LogP contribution in [0.2, 0.25) is 0 Å². The third-order valence-electron chi connectivity index (χ3n) is 2.35. The summed E-state index contributed by atoms with van der Waals surface area (Å²) in [6.07, 6.45) is 4.10. The van der Waals surface area contributed by atoms with E-state index >= 15 is 0 Å². The van der Waals surface area contributed by atoms with Crippen molar-refractivity contribution < 1.29 is 0 Å². The van der Waals surface area contributed by atoms with Crippen molar-refractivity contribution in [2.75, 3.05) is 31.9 Å². The van der Waals surface area contributed by atoms with Gasteiger partial charge in [0.1, 0.15) is 0 Å². The minimum Gasteiger partial charge on any atom is -0.317 e. The maximum Gasteiger partial charge on any atom is 0.0172 e. The molecule has 0 aromatic rings. The van der Waals surface area contributed by atoms with Gasteiger partial charge in [-0.2, -0.15) is 11.8 Å². The van der Waals surface area contributed by atoms with Crippen molar-refractivity contribution in [3.8, 4) is 0 Å². The molecule has 1 rings (SSSR count). The second-order valence-electron chi connectivity index (χ2n) is 3.55. The maximum atomic E-state index is 3.53. The number of thioether (sulfide) groups is 1. The minimum absolute atomic E-state index is 0.902. The van der Waals surface area contributed by atoms with Gasteiger partial charge in [-0.15, -0.1) is 0 Å². The van der Waals surface area contributed by atoms with Gasteiger partial charge < -0.3 is 10.6 Å². The Labute approximate surface area is 86.2 Å². The van der Waals surface area contributed by atoms with Crippen LogP contribution in [0.4, 0.5) is 0 Å². The first-order valence-corrected chi connectivity index (χ1v) is 6.51. The standard InChI is InChI=1S/C10H22N2S/c1-2-11-6-4-7-12-9-10-5-3-8-13-10/h10-12H,2-9H2,1H3. The Kier molecular flexibility index (Phi) is 6.68. The highest BCUT2D eigenvalue weighted by Crippen LogP contribution is 2.24. The number of hydrogen-bond donors (Lipinski definition) is 2. The van der Waals surface area contributed by atoms with Crippen molar-refractivity contribution >= 4 is 11.8 Å². The molecule has 1 saturated heterocycles. The van der Waals surface area contributed by atoms with Gasteiger partial charge in [-0.3, -0.25) is 0 Å². The Morgan fingerprint density at radius 1 is 1.31 bits per heavy atom. The molecule has 1 aliphatic heterocycles. The fourth-order valence-electron chi connectivity index (χ4n) is 1.58. The zero-order valence-electron chi connectivity index (χ0n) is 8.64. The summed E-state index contributed by atoms with van der Waals surface area (Å²) in [5, 5.41) is 7.76. The molecule has 0 aliphatic carbocycles. The Bertz CT molecular complexity index is 113. The smallest absolute Gasteiger partial charge is 0.0172 e. The second-order valence-corrected chi connectivity index (χ2v) is 4.95. The van der Waals surface area contributed by atoms with Gasteiger partial charge in [0.2, 0.25) is 0 Å². The van der Waals surface area contributed by atoms with Crippen LogP contribution < -0.4 is 10.6 Å². The van der Waals surface area contributed by atoms with Crippen LogP contribution in [0.5, 0.6) is 0 Å². The van der Waals surface area contributed by atoms with Crippen molar-refractivity contribution in [1.29, 1.82) is 0 Å². The van der Waals surface area contributed by atoms with E-state index in [0.717, 1.165) is 18.3 Å². The molecule has 0 aromatic carbocycles. The summed E-state index contributed by atoms with van der Waals surface area (Å²) in [7, 11) is 0. The molecule has 3 heteroatoms. The van der Waals surface area contributed by atoms with E-state index in [1.807, 2.05) is 0 Å². The molecule has 1 heterocycles. The lowest BCUT2D eigenvalue weighted by atomic mass is 10.2. The fraction of sp³-hybridized carbons (Fsp3) is 1.00. The average molecular weight is 202 g/mol. The molecule has 0 spiro atoms. The van der Waals surface area contributed by atoms with E-state index in [1.165, 1.54) is 38.1 Å². The molecule has 78 valence electrons. The van der Waals surface area contributed by atoms with Crippen LogP contribution in [-0.2, 0) is 0 Å². The molecule has 13 heavy (non-hydrogen) atoms. The van der Waals surface area contributed by atoms with Crippen molar-refractivity contribution in [3.05, 3.63) is 0 Å². The van der Waals surface area contributed by atoms with Gasteiger partial charge in [-0.1, -0.05) is 6.92 Å². The third-order valence-corrected chi connectivity index (χ3v) is 3.75. The number of hydrogen-bond acceptors (Lipinski definition) is 3. The second kappa shape index (κ2) is 7.65. The first-order valence-electron chi connectivity index (χ1n) is 5.46. The van der Waals surface area contributed by atoms with Crippen molar-refractivity contribution in [1.82, 2.24) is 10.6 Å². The monoisotopic (exact) mass is 202 g/mol. The van der Waals surface area contributed by atoms with E-state index in [1.54, 1.807) is 0 Å². The van der Waals surface area contributed by atoms with Crippen LogP contribution in [0.15, 0.2) is 0 Å². The maximum absolute atomic E-state index is 3.53. The number of nitrogens with one attached hydrogen (secondary N) is 2. The summed E-state index contributed by atoms with van der Waals surface area (Å²) in [4.78, 5) is 0. The Morgan fingerprint density at radius 2 is 2.15 bits per heavy atom. The topological polar surface area (TPSA) is 24.1 Å². The molecule has 0 saturated carbocycles. The molecule has 1 atom stereocenters. The predicted molar refractivity (Wildman–Crippen MR) is 61.5 cm³/mol. The third kappa shape index (κ3) is 5.55. The van der Waals surface area contributed by atoms with Crippen LogP contribution in [0, 0.1) is 0 Å². The van der Waals surface area contributed by atoms with Crippen LogP contribution >= 0.6 is 11.8 Å². The SMILES string of the molecule is CCNCCCNCC1CCCS1. The molecule has 1 aliphatic rings. The highest BCUT2D eigenvalue weighted by atomic mass is 32.2. The van der Waals surface area contributed by atoms with Gasteiger partial charge >= 0.3 is 0 Å². The zero-order chi connectivity index (χ0) is 9.36. The lowest BCUT2D eigenvalue weighted by Gasteiger charge is -2.09. The van der Waals surface area contributed by atoms with Gasteiger partial charge in [0.15, 0.2) is 0 Å². The highest BCUT2D eigenvalue weighted by Gasteiger charge is 2.13. The molecule has 1 unspecified atom stereocenters. The normalized spacial score (nSPS) is 22.4. The van der Waals surface area contributed by atoms with Gasteiger partial charge in [0.05, 0.1) is 0 Å². The molecule has 0 amide bonds. The first-order chi connectivity index (χ1) is 6.43. The molecular formula is C10H22N2S. The van der Waals surface area contributed by atoms with E-state index < -0.39 is 0 Å². The van der Waals surface area contributed by atoms with Crippen LogP contribution in [0.25, 0.3) is 0 Å². The Hall–Kier alpha value is 0.270. The molecule has 1 fully saturated rings. The molecule has 0 aromatic heterocycles. The van der Waals surface area contributed by atoms with Crippen LogP contribution in [0.3, 0.4) is 0 Å². The summed E-state index contributed by atoms with van der Waals surface area (Å²) in [6, 6.07) is 0. The Morgan fingerprint density at radius 3 is 2.85 bits per heavy atom. The lowest BCUT2D eigenvalue weighted by molar-refractivity contribution is 0.592. The van der Waals surface area contributed by atoms with Crippen LogP contribution in [-0.4, -0.2) is 37.2 Å². The van der Waals surface area contributed by atoms with Crippen molar-refractivity contribution in [2.24, 2.45) is 0 Å². The first kappa shape index (κ1) is 11.3. The van der Waals surface area contributed by atoms with Crippen molar-refractivity contribution in [2.45, 2.75) is 31.4 Å². The largest absolute Gasteiger partial charge is 0.317 e. The molecule has 2 nitrogen and oxygen atoms in total. The summed E-state index contributed by atoms with van der Waals surface area (Å²) < 4.78 is 0. The lowest BCUT2D eigenvalue weighted by Crippen LogP contribution is -2.26. The quantitative estimate of drug-likeness (QED) is 0.611. The van der Waals surface area contributed by atoms with E-state index in [4.69, 9.17) is 0 Å². The molecule has 2 N–H and O–H groups in total. The summed E-state index contributed by atoms with van der Waals surface area (Å²) in [6.45, 7) is 6.79. The molecule has 0 bridgehead atoms. The molecular weight excluding hydrogens is 180 g/mol. The van der Waals surface area contributed by atoms with E-state index in [-0.39, 0.29) is 0 Å². The van der Waals surface area contributed by atoms with E-state index in [0.29, 0.717) is 0 Å². The summed E-state index contributed by atoms with van der Waals surface area (Å²) in [5.41, 5.74) is 0. The van der Waals surface area contributed by atoms with E-state index in [9.17, 15) is 0 Å². The fourth-order valence-corrected chi connectivity index (χ4v) is 2.82. The minimum atomic E-state index is 0.902. The number of rotatable bonds is 7. The summed E-state index contributed by atoms with van der Waals surface area (Å²) in [5.74, 6) is 1.38. The average Bonchev–Trinajstić information content (AvgIpc) is 2.63. The van der Waals surface area contributed by atoms with Gasteiger partial charge in [-0.05, 0) is 44.6 Å². The zero-order valence-corrected chi connectivity index (χ0v) is 9.46. The van der Waals surface area contributed by atoms with Gasteiger partial charge in [-0.25, -0.2) is 0 Å². The van der Waals surface area contributed by atoms with Crippen molar-refractivity contribution in [3.63, 3.8) is 0 Å². The van der Waals surface area contributed by atoms with Gasteiger partial charge in [0.25, 0.3) is 0 Å². The molecule has 0 radical (unpaired) electrons. The van der Waals surface area contributed by atoms with Crippen LogP contribution in [0.1, 0.15) is 26.2 Å². The van der Waals surface area contributed by atoms with E-state index in [2.05, 4.69) is 29.3 Å². The summed E-state index contributed by atoms with van der Waals surface area (Å²) >= 11 is 2.13. The predicted octanol–water partition coefficient (Wildman–Crippen LogP) is 1.47.